The minimum atomic E-state index is 0.304. The van der Waals surface area contributed by atoms with E-state index in [2.05, 4.69) is 5.32 Å². The minimum absolute atomic E-state index is 0.304. The predicted octanol–water partition coefficient (Wildman–Crippen LogP) is 4.04. The van der Waals surface area contributed by atoms with Gasteiger partial charge in [0, 0.05) is 6.04 Å². The lowest BCUT2D eigenvalue weighted by Crippen LogP contribution is -2.41. The number of hydrogen-bond acceptors (Lipinski definition) is 2. The molecule has 0 aliphatic heterocycles. The van der Waals surface area contributed by atoms with Crippen LogP contribution in [-0.4, -0.2) is 19.2 Å². The summed E-state index contributed by atoms with van der Waals surface area (Å²) in [6, 6.07) is 6.13. The summed E-state index contributed by atoms with van der Waals surface area (Å²) < 4.78 is 6.00. The molecule has 1 N–H and O–H groups in total. The van der Waals surface area contributed by atoms with Crippen molar-refractivity contribution in [1.82, 2.24) is 5.32 Å². The fraction of sp³-hybridized carbons (Fsp3) is 0.571. The second kappa shape index (κ2) is 6.76. The van der Waals surface area contributed by atoms with Crippen molar-refractivity contribution in [1.29, 1.82) is 0 Å². The molecule has 1 aromatic carbocycles. The molecule has 0 amide bonds. The van der Waals surface area contributed by atoms with Crippen molar-refractivity contribution in [3.05, 3.63) is 33.8 Å². The smallest absolute Gasteiger partial charge is 0.0732 e. The third kappa shape index (κ3) is 3.61. The highest BCUT2D eigenvalue weighted by Gasteiger charge is 2.24. The number of rotatable bonds is 4. The summed E-state index contributed by atoms with van der Waals surface area (Å²) in [6.07, 6.45) is 5.18. The van der Waals surface area contributed by atoms with Gasteiger partial charge in [-0.1, -0.05) is 42.1 Å². The maximum atomic E-state index is 6.00. The van der Waals surface area contributed by atoms with Gasteiger partial charge in [0.05, 0.1) is 22.8 Å². The van der Waals surface area contributed by atoms with Gasteiger partial charge in [0.25, 0.3) is 0 Å². The summed E-state index contributed by atoms with van der Waals surface area (Å²) in [4.78, 5) is 0. The average molecular weight is 288 g/mol. The van der Waals surface area contributed by atoms with Crippen LogP contribution >= 0.6 is 23.2 Å². The first-order valence-corrected chi connectivity index (χ1v) is 7.19. The summed E-state index contributed by atoms with van der Waals surface area (Å²) in [5, 5.41) is 4.52. The zero-order valence-corrected chi connectivity index (χ0v) is 12.1. The van der Waals surface area contributed by atoms with Crippen LogP contribution in [0, 0.1) is 0 Å². The molecule has 0 saturated heterocycles. The topological polar surface area (TPSA) is 21.3 Å². The van der Waals surface area contributed by atoms with Gasteiger partial charge in [0.2, 0.25) is 0 Å². The highest BCUT2D eigenvalue weighted by molar-refractivity contribution is 6.42. The van der Waals surface area contributed by atoms with Gasteiger partial charge in [-0.05, 0) is 37.6 Å². The van der Waals surface area contributed by atoms with Crippen molar-refractivity contribution >= 4 is 23.2 Å². The van der Waals surface area contributed by atoms with Crippen LogP contribution in [0.1, 0.15) is 31.2 Å². The minimum Gasteiger partial charge on any atom is -0.372 e. The first-order chi connectivity index (χ1) is 8.70. The van der Waals surface area contributed by atoms with E-state index in [4.69, 9.17) is 27.9 Å². The monoisotopic (exact) mass is 287 g/mol. The summed E-state index contributed by atoms with van der Waals surface area (Å²) in [5.41, 5.74) is 1.07. The lowest BCUT2D eigenvalue weighted by Gasteiger charge is -2.31. The fourth-order valence-corrected chi connectivity index (χ4v) is 2.78. The molecule has 0 bridgehead atoms. The standard InChI is InChI=1S/C14H19Cl2NO/c1-17-13-4-2-3-5-14(13)18-9-10-6-7-11(15)12(16)8-10/h6-8,13-14,17H,2-5,9H2,1H3. The molecule has 0 spiro atoms. The Labute approximate surface area is 119 Å². The number of benzene rings is 1. The summed E-state index contributed by atoms with van der Waals surface area (Å²) in [7, 11) is 2.01. The average Bonchev–Trinajstić information content (AvgIpc) is 2.40. The molecule has 1 aliphatic rings. The van der Waals surface area contributed by atoms with E-state index in [0.717, 1.165) is 12.0 Å². The van der Waals surface area contributed by atoms with E-state index in [9.17, 15) is 0 Å². The Morgan fingerprint density at radius 1 is 1.22 bits per heavy atom. The van der Waals surface area contributed by atoms with E-state index in [0.29, 0.717) is 28.8 Å². The number of halogens is 2. The number of hydrogen-bond donors (Lipinski definition) is 1. The van der Waals surface area contributed by atoms with E-state index in [-0.39, 0.29) is 0 Å². The van der Waals surface area contributed by atoms with Crippen molar-refractivity contribution in [2.45, 2.75) is 44.4 Å². The van der Waals surface area contributed by atoms with Crippen molar-refractivity contribution in [3.63, 3.8) is 0 Å². The van der Waals surface area contributed by atoms with Crippen LogP contribution in [-0.2, 0) is 11.3 Å². The Balaban J connectivity index is 1.91. The van der Waals surface area contributed by atoms with Crippen molar-refractivity contribution in [2.24, 2.45) is 0 Å². The van der Waals surface area contributed by atoms with Crippen LogP contribution in [0.25, 0.3) is 0 Å². The third-order valence-corrected chi connectivity index (χ3v) is 4.26. The van der Waals surface area contributed by atoms with Gasteiger partial charge in [-0.15, -0.1) is 0 Å². The zero-order valence-electron chi connectivity index (χ0n) is 10.6. The van der Waals surface area contributed by atoms with Crippen LogP contribution in [0.3, 0.4) is 0 Å². The van der Waals surface area contributed by atoms with E-state index in [1.165, 1.54) is 19.3 Å². The van der Waals surface area contributed by atoms with E-state index < -0.39 is 0 Å². The fourth-order valence-electron chi connectivity index (χ4n) is 2.46. The van der Waals surface area contributed by atoms with Gasteiger partial charge >= 0.3 is 0 Å². The SMILES string of the molecule is CNC1CCCCC1OCc1ccc(Cl)c(Cl)c1. The van der Waals surface area contributed by atoms with Crippen LogP contribution in [0.5, 0.6) is 0 Å². The number of nitrogens with one attached hydrogen (secondary N) is 1. The summed E-state index contributed by atoms with van der Waals surface area (Å²) in [5.74, 6) is 0. The largest absolute Gasteiger partial charge is 0.372 e. The van der Waals surface area contributed by atoms with Crippen molar-refractivity contribution < 1.29 is 4.74 Å². The highest BCUT2D eigenvalue weighted by Crippen LogP contribution is 2.25. The van der Waals surface area contributed by atoms with Gasteiger partial charge in [-0.2, -0.15) is 0 Å². The highest BCUT2D eigenvalue weighted by atomic mass is 35.5. The van der Waals surface area contributed by atoms with E-state index >= 15 is 0 Å². The Morgan fingerprint density at radius 3 is 2.72 bits per heavy atom. The molecule has 1 fully saturated rings. The normalized spacial score (nSPS) is 24.2. The molecule has 100 valence electrons. The molecule has 1 aromatic rings. The summed E-state index contributed by atoms with van der Waals surface area (Å²) in [6.45, 7) is 0.597. The van der Waals surface area contributed by atoms with E-state index in [1.54, 1.807) is 0 Å². The third-order valence-electron chi connectivity index (χ3n) is 3.52. The van der Waals surface area contributed by atoms with Crippen LogP contribution in [0.2, 0.25) is 10.0 Å². The lowest BCUT2D eigenvalue weighted by atomic mass is 9.92. The lowest BCUT2D eigenvalue weighted by molar-refractivity contribution is -0.00360. The zero-order chi connectivity index (χ0) is 13.0. The number of ether oxygens (including phenoxy) is 1. The molecule has 0 radical (unpaired) electrons. The van der Waals surface area contributed by atoms with Crippen LogP contribution < -0.4 is 5.32 Å². The second-order valence-electron chi connectivity index (χ2n) is 4.78. The maximum Gasteiger partial charge on any atom is 0.0732 e. The molecule has 2 atom stereocenters. The second-order valence-corrected chi connectivity index (χ2v) is 5.59. The first kappa shape index (κ1) is 14.1. The van der Waals surface area contributed by atoms with Gasteiger partial charge in [0.15, 0.2) is 0 Å². The summed E-state index contributed by atoms with van der Waals surface area (Å²) >= 11 is 11.9. The molecular weight excluding hydrogens is 269 g/mol. The van der Waals surface area contributed by atoms with Gasteiger partial charge in [-0.25, -0.2) is 0 Å². The Morgan fingerprint density at radius 2 is 2.00 bits per heavy atom. The maximum absolute atomic E-state index is 6.00. The molecule has 1 saturated carbocycles. The Bertz CT molecular complexity index is 397. The first-order valence-electron chi connectivity index (χ1n) is 6.43. The van der Waals surface area contributed by atoms with E-state index in [1.807, 2.05) is 25.2 Å². The van der Waals surface area contributed by atoms with Gasteiger partial charge in [0.1, 0.15) is 0 Å². The molecule has 0 aromatic heterocycles. The number of likely N-dealkylation sites (N-methyl/N-ethyl adjacent to an activating group) is 1. The molecule has 4 heteroatoms. The van der Waals surface area contributed by atoms with Crippen molar-refractivity contribution in [2.75, 3.05) is 7.05 Å². The Kier molecular flexibility index (Phi) is 5.31. The molecule has 18 heavy (non-hydrogen) atoms. The van der Waals surface area contributed by atoms with Crippen molar-refractivity contribution in [3.8, 4) is 0 Å². The Hall–Kier alpha value is -0.280. The molecular formula is C14H19Cl2NO. The molecule has 2 unspecified atom stereocenters. The molecule has 0 heterocycles. The molecule has 2 nitrogen and oxygen atoms in total. The van der Waals surface area contributed by atoms with Gasteiger partial charge < -0.3 is 10.1 Å². The molecule has 2 rings (SSSR count). The molecule has 1 aliphatic carbocycles. The van der Waals surface area contributed by atoms with Gasteiger partial charge in [-0.3, -0.25) is 0 Å². The van der Waals surface area contributed by atoms with Crippen LogP contribution in [0.4, 0.5) is 0 Å². The quantitative estimate of drug-likeness (QED) is 0.902. The van der Waals surface area contributed by atoms with Crippen LogP contribution in [0.15, 0.2) is 18.2 Å². The predicted molar refractivity (Wildman–Crippen MR) is 76.4 cm³/mol.